The summed E-state index contributed by atoms with van der Waals surface area (Å²) in [6.45, 7) is 6.44. The van der Waals surface area contributed by atoms with Crippen molar-refractivity contribution in [3.63, 3.8) is 0 Å². The smallest absolute Gasteiger partial charge is 0.369 e. The minimum atomic E-state index is -4.42. The maximum Gasteiger partial charge on any atom is 0.434 e. The summed E-state index contributed by atoms with van der Waals surface area (Å²) in [5.74, 6) is 0.0176. The number of halogens is 4. The van der Waals surface area contributed by atoms with Crippen LogP contribution in [0.2, 0.25) is 0 Å². The van der Waals surface area contributed by atoms with Gasteiger partial charge in [0.25, 0.3) is 0 Å². The molecule has 1 aromatic heterocycles. The third-order valence-corrected chi connectivity index (χ3v) is 4.03. The van der Waals surface area contributed by atoms with E-state index in [1.165, 1.54) is 0 Å². The van der Waals surface area contributed by atoms with Crippen molar-refractivity contribution in [1.29, 1.82) is 0 Å². The summed E-state index contributed by atoms with van der Waals surface area (Å²) in [5.41, 5.74) is 3.65. The Bertz CT molecular complexity index is 589. The molecule has 144 valence electrons. The van der Waals surface area contributed by atoms with Crippen LogP contribution in [0, 0.1) is 5.41 Å². The van der Waals surface area contributed by atoms with Crippen LogP contribution in [-0.4, -0.2) is 36.5 Å². The van der Waals surface area contributed by atoms with Gasteiger partial charge in [-0.1, -0.05) is 0 Å². The predicted octanol–water partition coefficient (Wildman–Crippen LogP) is 2.39. The molecule has 4 N–H and O–H groups in total. The Labute approximate surface area is 165 Å². The van der Waals surface area contributed by atoms with E-state index in [-0.39, 0.29) is 30.5 Å². The van der Waals surface area contributed by atoms with E-state index in [4.69, 9.17) is 5.73 Å². The number of aromatic nitrogens is 1. The molecule has 0 unspecified atom stereocenters. The summed E-state index contributed by atoms with van der Waals surface area (Å²) in [5, 5.41) is 7.40. The van der Waals surface area contributed by atoms with Gasteiger partial charge in [-0.2, -0.15) is 13.2 Å². The number of thiazole rings is 1. The molecule has 0 radical (unpaired) electrons. The number of guanidine groups is 1. The number of primary amides is 1. The van der Waals surface area contributed by atoms with E-state index in [0.717, 1.165) is 16.7 Å². The van der Waals surface area contributed by atoms with Crippen LogP contribution in [0.15, 0.2) is 10.4 Å². The van der Waals surface area contributed by atoms with Gasteiger partial charge in [0, 0.05) is 24.9 Å². The average molecular weight is 493 g/mol. The molecule has 1 aromatic rings. The van der Waals surface area contributed by atoms with Crippen LogP contribution >= 0.6 is 35.3 Å². The first kappa shape index (κ1) is 23.9. The van der Waals surface area contributed by atoms with Gasteiger partial charge in [0.15, 0.2) is 11.7 Å². The second-order valence-corrected chi connectivity index (χ2v) is 6.69. The van der Waals surface area contributed by atoms with E-state index < -0.39 is 23.2 Å². The van der Waals surface area contributed by atoms with Crippen LogP contribution in [0.3, 0.4) is 0 Å². The van der Waals surface area contributed by atoms with Crippen molar-refractivity contribution in [2.75, 3.05) is 19.6 Å². The molecule has 0 aliphatic heterocycles. The standard InChI is InChI=1S/C14H22F3N5OS.HI/c1-4-19-12(21-8-13(2,3)11(18)23)20-6-5-10-22-9(7-24-10)14(15,16)17;/h7H,4-6,8H2,1-3H3,(H2,18,23)(H2,19,20,21);1H. The molecule has 1 heterocycles. The summed E-state index contributed by atoms with van der Waals surface area (Å²) in [4.78, 5) is 19.1. The van der Waals surface area contributed by atoms with Gasteiger partial charge in [0.2, 0.25) is 5.91 Å². The lowest BCUT2D eigenvalue weighted by Crippen LogP contribution is -2.40. The number of alkyl halides is 3. The van der Waals surface area contributed by atoms with E-state index in [0.29, 0.717) is 30.5 Å². The lowest BCUT2D eigenvalue weighted by Gasteiger charge is -2.19. The molecule has 1 rings (SSSR count). The number of hydrogen-bond donors (Lipinski definition) is 3. The third-order valence-electron chi connectivity index (χ3n) is 3.12. The fourth-order valence-electron chi connectivity index (χ4n) is 1.54. The van der Waals surface area contributed by atoms with E-state index in [1.807, 2.05) is 6.92 Å². The Hall–Kier alpha value is -1.11. The second kappa shape index (κ2) is 10.1. The fraction of sp³-hybridized carbons (Fsp3) is 0.643. The van der Waals surface area contributed by atoms with Crippen molar-refractivity contribution < 1.29 is 18.0 Å². The van der Waals surface area contributed by atoms with Gasteiger partial charge in [-0.15, -0.1) is 35.3 Å². The van der Waals surface area contributed by atoms with E-state index in [1.54, 1.807) is 13.8 Å². The fourth-order valence-corrected chi connectivity index (χ4v) is 2.35. The Morgan fingerprint density at radius 3 is 2.48 bits per heavy atom. The zero-order valence-corrected chi connectivity index (χ0v) is 17.4. The Kier molecular flexibility index (Phi) is 9.69. The van der Waals surface area contributed by atoms with E-state index >= 15 is 0 Å². The average Bonchev–Trinajstić information content (AvgIpc) is 2.93. The van der Waals surface area contributed by atoms with Crippen LogP contribution in [0.1, 0.15) is 31.5 Å². The molecule has 0 atom stereocenters. The zero-order valence-electron chi connectivity index (χ0n) is 14.2. The van der Waals surface area contributed by atoms with Gasteiger partial charge < -0.3 is 16.4 Å². The van der Waals surface area contributed by atoms with Crippen LogP contribution < -0.4 is 16.4 Å². The number of hydrogen-bond acceptors (Lipinski definition) is 4. The van der Waals surface area contributed by atoms with Gasteiger partial charge >= 0.3 is 6.18 Å². The number of nitrogens with zero attached hydrogens (tertiary/aromatic N) is 2. The highest BCUT2D eigenvalue weighted by Crippen LogP contribution is 2.29. The van der Waals surface area contributed by atoms with Crippen LogP contribution in [0.25, 0.3) is 0 Å². The highest BCUT2D eigenvalue weighted by molar-refractivity contribution is 14.0. The Morgan fingerprint density at radius 1 is 1.36 bits per heavy atom. The van der Waals surface area contributed by atoms with Crippen molar-refractivity contribution in [3.05, 3.63) is 16.1 Å². The highest BCUT2D eigenvalue weighted by atomic mass is 127. The quantitative estimate of drug-likeness (QED) is 0.309. The SMILES string of the molecule is CCNC(=NCC(C)(C)C(N)=O)NCCc1nc(C(F)(F)F)cs1.I. The largest absolute Gasteiger partial charge is 0.434 e. The summed E-state index contributed by atoms with van der Waals surface area (Å²) >= 11 is 0.970. The van der Waals surface area contributed by atoms with Gasteiger partial charge in [-0.25, -0.2) is 4.98 Å². The van der Waals surface area contributed by atoms with Gasteiger partial charge in [0.05, 0.1) is 17.0 Å². The monoisotopic (exact) mass is 493 g/mol. The van der Waals surface area contributed by atoms with Gasteiger partial charge in [0.1, 0.15) is 0 Å². The summed E-state index contributed by atoms with van der Waals surface area (Å²) in [7, 11) is 0. The zero-order chi connectivity index (χ0) is 18.4. The molecule has 0 aliphatic rings. The number of amides is 1. The number of nitrogens with two attached hydrogens (primary N) is 1. The van der Waals surface area contributed by atoms with E-state index in [2.05, 4.69) is 20.6 Å². The Morgan fingerprint density at radius 2 is 2.00 bits per heavy atom. The molecule has 0 aliphatic carbocycles. The molecular formula is C14H23F3IN5OS. The van der Waals surface area contributed by atoms with Crippen LogP contribution in [0.5, 0.6) is 0 Å². The molecule has 11 heteroatoms. The molecule has 0 aromatic carbocycles. The Balaban J connectivity index is 0.00000576. The normalized spacial score (nSPS) is 12.5. The maximum absolute atomic E-state index is 12.5. The van der Waals surface area contributed by atoms with Crippen LogP contribution in [-0.2, 0) is 17.4 Å². The topological polar surface area (TPSA) is 92.4 Å². The number of carbonyl (C=O) groups is 1. The maximum atomic E-state index is 12.5. The number of carbonyl (C=O) groups excluding carboxylic acids is 1. The minimum absolute atomic E-state index is 0. The first-order chi connectivity index (χ1) is 11.1. The molecular weight excluding hydrogens is 470 g/mol. The molecule has 0 saturated carbocycles. The lowest BCUT2D eigenvalue weighted by molar-refractivity contribution is -0.140. The molecule has 0 bridgehead atoms. The molecule has 6 nitrogen and oxygen atoms in total. The lowest BCUT2D eigenvalue weighted by atomic mass is 9.93. The predicted molar refractivity (Wildman–Crippen MR) is 103 cm³/mol. The van der Waals surface area contributed by atoms with Crippen molar-refractivity contribution >= 4 is 47.2 Å². The van der Waals surface area contributed by atoms with E-state index in [9.17, 15) is 18.0 Å². The molecule has 25 heavy (non-hydrogen) atoms. The van der Waals surface area contributed by atoms with Gasteiger partial charge in [-0.05, 0) is 20.8 Å². The third kappa shape index (κ3) is 8.21. The van der Waals surface area contributed by atoms with Crippen molar-refractivity contribution in [1.82, 2.24) is 15.6 Å². The first-order valence-corrected chi connectivity index (χ1v) is 8.28. The number of aliphatic imine (C=N–C) groups is 1. The molecule has 1 amide bonds. The first-order valence-electron chi connectivity index (χ1n) is 7.40. The molecule has 0 fully saturated rings. The summed E-state index contributed by atoms with van der Waals surface area (Å²) in [6, 6.07) is 0. The van der Waals surface area contributed by atoms with Crippen molar-refractivity contribution in [3.8, 4) is 0 Å². The van der Waals surface area contributed by atoms with Crippen molar-refractivity contribution in [2.45, 2.75) is 33.4 Å². The summed E-state index contributed by atoms with van der Waals surface area (Å²) in [6.07, 6.45) is -4.08. The number of nitrogens with one attached hydrogen (secondary N) is 2. The number of rotatable bonds is 7. The second-order valence-electron chi connectivity index (χ2n) is 5.74. The molecule has 0 spiro atoms. The highest BCUT2D eigenvalue weighted by Gasteiger charge is 2.33. The van der Waals surface area contributed by atoms with Crippen LogP contribution in [0.4, 0.5) is 13.2 Å². The minimum Gasteiger partial charge on any atom is -0.369 e. The van der Waals surface area contributed by atoms with Gasteiger partial charge in [-0.3, -0.25) is 9.79 Å². The molecule has 0 saturated heterocycles. The summed E-state index contributed by atoms with van der Waals surface area (Å²) < 4.78 is 37.5. The van der Waals surface area contributed by atoms with Crippen molar-refractivity contribution in [2.24, 2.45) is 16.1 Å².